The predicted octanol–water partition coefficient (Wildman–Crippen LogP) is 0.284. The molecule has 7 N–H and O–H groups in total. The van der Waals surface area contributed by atoms with Crippen molar-refractivity contribution in [1.82, 2.24) is 0 Å². The van der Waals surface area contributed by atoms with E-state index in [2.05, 4.69) is 5.32 Å². The Bertz CT molecular complexity index is 882. The summed E-state index contributed by atoms with van der Waals surface area (Å²) in [5.74, 6) is -1.37. The number of aliphatic hydroxyl groups excluding tert-OH is 1. The Hall–Kier alpha value is -3.43. The number of hydrogen-bond acceptors (Lipinski definition) is 6. The highest BCUT2D eigenvalue weighted by Gasteiger charge is 2.39. The van der Waals surface area contributed by atoms with Gasteiger partial charge in [0.1, 0.15) is 5.84 Å². The zero-order valence-electron chi connectivity index (χ0n) is 15.0. The van der Waals surface area contributed by atoms with E-state index in [1.165, 1.54) is 4.90 Å². The number of ether oxygens (including phenoxy) is 1. The number of amidine groups is 1. The average molecular weight is 383 g/mol. The Morgan fingerprint density at radius 3 is 2.46 bits per heavy atom. The van der Waals surface area contributed by atoms with Crippen LogP contribution in [0.15, 0.2) is 48.5 Å². The van der Waals surface area contributed by atoms with Crippen LogP contribution in [0.1, 0.15) is 5.56 Å². The van der Waals surface area contributed by atoms with Crippen molar-refractivity contribution >= 4 is 34.7 Å². The summed E-state index contributed by atoms with van der Waals surface area (Å²) >= 11 is 0. The van der Waals surface area contributed by atoms with Crippen molar-refractivity contribution in [1.29, 1.82) is 5.41 Å². The standard InChI is InChI=1S/C19H21N5O4/c20-12-3-7-14(8-4-12)24-9-10-28-16(19(24)27)15(25)18(26)23-13-5-1-11(2-6-13)17(21)22/h1-8,15-16,25H,9-10,20H2,(H3,21,22)(H,23,26)/t15-,16-/m1/s1. The molecule has 0 saturated carbocycles. The quantitative estimate of drug-likeness (QED) is 0.284. The summed E-state index contributed by atoms with van der Waals surface area (Å²) in [4.78, 5) is 26.5. The average Bonchev–Trinajstić information content (AvgIpc) is 2.69. The largest absolute Gasteiger partial charge is 0.399 e. The molecule has 3 rings (SSSR count). The number of nitrogen functional groups attached to an aromatic ring is 2. The van der Waals surface area contributed by atoms with Gasteiger partial charge in [0.05, 0.1) is 6.61 Å². The first kappa shape index (κ1) is 19.3. The lowest BCUT2D eigenvalue weighted by molar-refractivity contribution is -0.150. The van der Waals surface area contributed by atoms with E-state index >= 15 is 0 Å². The van der Waals surface area contributed by atoms with Crippen LogP contribution < -0.4 is 21.7 Å². The maximum absolute atomic E-state index is 12.7. The molecule has 28 heavy (non-hydrogen) atoms. The van der Waals surface area contributed by atoms with E-state index < -0.39 is 24.0 Å². The number of morpholine rings is 1. The molecule has 2 atom stereocenters. The fourth-order valence-electron chi connectivity index (χ4n) is 2.83. The molecule has 0 aliphatic carbocycles. The van der Waals surface area contributed by atoms with Crippen molar-refractivity contribution in [2.45, 2.75) is 12.2 Å². The second-order valence-corrected chi connectivity index (χ2v) is 6.30. The lowest BCUT2D eigenvalue weighted by atomic mass is 10.1. The van der Waals surface area contributed by atoms with E-state index in [1.54, 1.807) is 48.5 Å². The van der Waals surface area contributed by atoms with Crippen molar-refractivity contribution in [3.63, 3.8) is 0 Å². The van der Waals surface area contributed by atoms with E-state index in [9.17, 15) is 14.7 Å². The minimum Gasteiger partial charge on any atom is -0.399 e. The van der Waals surface area contributed by atoms with Crippen LogP contribution in [0.5, 0.6) is 0 Å². The summed E-state index contributed by atoms with van der Waals surface area (Å²) in [6.45, 7) is 0.485. The van der Waals surface area contributed by atoms with E-state index in [0.717, 1.165) is 0 Å². The van der Waals surface area contributed by atoms with Crippen molar-refractivity contribution in [3.8, 4) is 0 Å². The molecule has 1 aliphatic rings. The van der Waals surface area contributed by atoms with Crippen LogP contribution in [0.25, 0.3) is 0 Å². The molecule has 1 aliphatic heterocycles. The number of aliphatic hydroxyl groups is 1. The first-order valence-corrected chi connectivity index (χ1v) is 8.59. The van der Waals surface area contributed by atoms with E-state index in [-0.39, 0.29) is 12.4 Å². The number of nitrogens with two attached hydrogens (primary N) is 2. The van der Waals surface area contributed by atoms with Gasteiger partial charge in [-0.2, -0.15) is 0 Å². The molecule has 0 spiro atoms. The van der Waals surface area contributed by atoms with Crippen LogP contribution in [-0.4, -0.2) is 48.1 Å². The third kappa shape index (κ3) is 4.11. The second kappa shape index (κ2) is 8.07. The number of carbonyl (C=O) groups excluding carboxylic acids is 2. The molecule has 0 unspecified atom stereocenters. The lowest BCUT2D eigenvalue weighted by Gasteiger charge is -2.34. The molecular weight excluding hydrogens is 362 g/mol. The number of benzene rings is 2. The molecular formula is C19H21N5O4. The monoisotopic (exact) mass is 383 g/mol. The Morgan fingerprint density at radius 2 is 1.86 bits per heavy atom. The van der Waals surface area contributed by atoms with Gasteiger partial charge in [0.25, 0.3) is 11.8 Å². The number of nitrogens with zero attached hydrogens (tertiary/aromatic N) is 1. The van der Waals surface area contributed by atoms with Gasteiger partial charge in [0, 0.05) is 29.2 Å². The number of hydrogen-bond donors (Lipinski definition) is 5. The zero-order chi connectivity index (χ0) is 20.3. The van der Waals surface area contributed by atoms with Crippen LogP contribution in [-0.2, 0) is 14.3 Å². The summed E-state index contributed by atoms with van der Waals surface area (Å²) in [6, 6.07) is 12.9. The summed E-state index contributed by atoms with van der Waals surface area (Å²) in [7, 11) is 0. The summed E-state index contributed by atoms with van der Waals surface area (Å²) < 4.78 is 5.37. The molecule has 9 nitrogen and oxygen atoms in total. The van der Waals surface area contributed by atoms with Crippen molar-refractivity contribution in [3.05, 3.63) is 54.1 Å². The van der Waals surface area contributed by atoms with E-state index in [1.807, 2.05) is 0 Å². The number of amides is 2. The van der Waals surface area contributed by atoms with Crippen LogP contribution in [0, 0.1) is 5.41 Å². The highest BCUT2D eigenvalue weighted by atomic mass is 16.5. The number of rotatable bonds is 5. The molecule has 0 bridgehead atoms. The topological polar surface area (TPSA) is 155 Å². The first-order chi connectivity index (χ1) is 13.4. The van der Waals surface area contributed by atoms with Crippen molar-refractivity contribution in [2.24, 2.45) is 5.73 Å². The van der Waals surface area contributed by atoms with Gasteiger partial charge in [-0.3, -0.25) is 15.0 Å². The normalized spacial score (nSPS) is 17.8. The Kier molecular flexibility index (Phi) is 5.57. The second-order valence-electron chi connectivity index (χ2n) is 6.30. The maximum Gasteiger partial charge on any atom is 0.259 e. The number of nitrogens with one attached hydrogen (secondary N) is 2. The zero-order valence-corrected chi connectivity index (χ0v) is 15.0. The van der Waals surface area contributed by atoms with Crippen LogP contribution in [0.4, 0.5) is 17.1 Å². The molecule has 1 heterocycles. The van der Waals surface area contributed by atoms with E-state index in [4.69, 9.17) is 21.6 Å². The van der Waals surface area contributed by atoms with Gasteiger partial charge in [-0.1, -0.05) is 0 Å². The smallest absolute Gasteiger partial charge is 0.259 e. The maximum atomic E-state index is 12.7. The third-order valence-electron chi connectivity index (χ3n) is 4.35. The molecule has 2 aromatic carbocycles. The molecule has 146 valence electrons. The van der Waals surface area contributed by atoms with E-state index in [0.29, 0.717) is 29.2 Å². The van der Waals surface area contributed by atoms with Gasteiger partial charge in [0.2, 0.25) is 0 Å². The fourth-order valence-corrected chi connectivity index (χ4v) is 2.83. The molecule has 2 amide bonds. The molecule has 1 fully saturated rings. The number of anilines is 3. The van der Waals surface area contributed by atoms with Gasteiger partial charge in [-0.25, -0.2) is 0 Å². The summed E-state index contributed by atoms with van der Waals surface area (Å²) in [5, 5.41) is 20.2. The Labute approximate surface area is 161 Å². The predicted molar refractivity (Wildman–Crippen MR) is 105 cm³/mol. The van der Waals surface area contributed by atoms with Crippen LogP contribution in [0.3, 0.4) is 0 Å². The lowest BCUT2D eigenvalue weighted by Crippen LogP contribution is -2.55. The van der Waals surface area contributed by atoms with Crippen LogP contribution in [0.2, 0.25) is 0 Å². The van der Waals surface area contributed by atoms with Crippen molar-refractivity contribution in [2.75, 3.05) is 29.1 Å². The molecule has 0 aromatic heterocycles. The van der Waals surface area contributed by atoms with Gasteiger partial charge in [0.15, 0.2) is 12.2 Å². The SMILES string of the molecule is N=C(N)c1ccc(NC(=O)[C@H](O)[C@H]2OCCN(c3ccc(N)cc3)C2=O)cc1. The van der Waals surface area contributed by atoms with Gasteiger partial charge >= 0.3 is 0 Å². The molecule has 9 heteroatoms. The molecule has 1 saturated heterocycles. The van der Waals surface area contributed by atoms with Gasteiger partial charge in [-0.05, 0) is 48.5 Å². The van der Waals surface area contributed by atoms with Crippen LogP contribution >= 0.6 is 0 Å². The summed E-state index contributed by atoms with van der Waals surface area (Å²) in [6.07, 6.45) is -3.00. The first-order valence-electron chi connectivity index (χ1n) is 8.59. The highest BCUT2D eigenvalue weighted by Crippen LogP contribution is 2.22. The molecule has 2 aromatic rings. The van der Waals surface area contributed by atoms with Gasteiger partial charge < -0.3 is 31.5 Å². The third-order valence-corrected chi connectivity index (χ3v) is 4.35. The minimum absolute atomic E-state index is 0.0955. The van der Waals surface area contributed by atoms with Crippen molar-refractivity contribution < 1.29 is 19.4 Å². The number of carbonyl (C=O) groups is 2. The molecule has 0 radical (unpaired) electrons. The van der Waals surface area contributed by atoms with Gasteiger partial charge in [-0.15, -0.1) is 0 Å². The highest BCUT2D eigenvalue weighted by molar-refractivity contribution is 6.04. The minimum atomic E-state index is -1.68. The Balaban J connectivity index is 1.69. The fraction of sp³-hybridized carbons (Fsp3) is 0.211. The Morgan fingerprint density at radius 1 is 1.21 bits per heavy atom. The summed E-state index contributed by atoms with van der Waals surface area (Å²) in [5.41, 5.74) is 13.1.